The molecule has 0 amide bonds. The van der Waals surface area contributed by atoms with Gasteiger partial charge in [-0.1, -0.05) is 58.4 Å². The van der Waals surface area contributed by atoms with Crippen molar-refractivity contribution in [3.63, 3.8) is 0 Å². The molecule has 0 saturated heterocycles. The number of nitrogens with two attached hydrogens (primary N) is 1. The quantitative estimate of drug-likeness (QED) is 0.920. The van der Waals surface area contributed by atoms with Gasteiger partial charge in [0.25, 0.3) is 0 Å². The monoisotopic (exact) mass is 317 g/mol. The van der Waals surface area contributed by atoms with Gasteiger partial charge in [-0.15, -0.1) is 0 Å². The number of hydrogen-bond donors (Lipinski definition) is 1. The summed E-state index contributed by atoms with van der Waals surface area (Å²) in [6.07, 6.45) is 0.973. The van der Waals surface area contributed by atoms with Gasteiger partial charge in [0.1, 0.15) is 0 Å². The average Bonchev–Trinajstić information content (AvgIpc) is 2.40. The lowest BCUT2D eigenvalue weighted by molar-refractivity contribution is -0.119. The molecule has 0 aliphatic rings. The lowest BCUT2D eigenvalue weighted by atomic mass is 9.99. The highest BCUT2D eigenvalue weighted by molar-refractivity contribution is 9.10. The van der Waals surface area contributed by atoms with Crippen molar-refractivity contribution >= 4 is 21.7 Å². The van der Waals surface area contributed by atoms with E-state index in [1.807, 2.05) is 54.6 Å². The molecule has 2 nitrogen and oxygen atoms in total. The van der Waals surface area contributed by atoms with Crippen LogP contribution < -0.4 is 5.73 Å². The van der Waals surface area contributed by atoms with E-state index in [2.05, 4.69) is 15.9 Å². The molecule has 2 aromatic rings. The summed E-state index contributed by atoms with van der Waals surface area (Å²) in [7, 11) is 0. The largest absolute Gasteiger partial charge is 0.321 e. The van der Waals surface area contributed by atoms with Gasteiger partial charge in [0.2, 0.25) is 0 Å². The van der Waals surface area contributed by atoms with E-state index < -0.39 is 6.04 Å². The summed E-state index contributed by atoms with van der Waals surface area (Å²) in [6, 6.07) is 17.2. The molecule has 1 atom stereocenters. The normalized spacial score (nSPS) is 12.1. The minimum absolute atomic E-state index is 0.0713. The van der Waals surface area contributed by atoms with Crippen molar-refractivity contribution in [2.75, 3.05) is 0 Å². The van der Waals surface area contributed by atoms with Gasteiger partial charge in [0, 0.05) is 10.9 Å². The Morgan fingerprint density at radius 2 is 1.74 bits per heavy atom. The molecule has 2 aromatic carbocycles. The maximum absolute atomic E-state index is 12.1. The molecule has 0 radical (unpaired) electrons. The Labute approximate surface area is 121 Å². The highest BCUT2D eigenvalue weighted by Gasteiger charge is 2.14. The van der Waals surface area contributed by atoms with Gasteiger partial charge in [0.15, 0.2) is 5.78 Å². The summed E-state index contributed by atoms with van der Waals surface area (Å²) in [6.45, 7) is 0. The van der Waals surface area contributed by atoms with E-state index in [4.69, 9.17) is 5.73 Å². The number of hydrogen-bond acceptors (Lipinski definition) is 2. The van der Waals surface area contributed by atoms with Crippen molar-refractivity contribution in [1.29, 1.82) is 0 Å². The molecule has 3 heteroatoms. The van der Waals surface area contributed by atoms with E-state index >= 15 is 0 Å². The van der Waals surface area contributed by atoms with Crippen LogP contribution in [0.4, 0.5) is 0 Å². The van der Waals surface area contributed by atoms with Crippen molar-refractivity contribution < 1.29 is 4.79 Å². The highest BCUT2D eigenvalue weighted by atomic mass is 79.9. The molecule has 0 aliphatic carbocycles. The Morgan fingerprint density at radius 1 is 1.05 bits per heavy atom. The van der Waals surface area contributed by atoms with Crippen molar-refractivity contribution in [2.24, 2.45) is 5.73 Å². The van der Waals surface area contributed by atoms with Crippen LogP contribution in [0, 0.1) is 0 Å². The summed E-state index contributed by atoms with van der Waals surface area (Å²) < 4.78 is 0.981. The zero-order valence-corrected chi connectivity index (χ0v) is 12.1. The third-order valence-electron chi connectivity index (χ3n) is 2.98. The van der Waals surface area contributed by atoms with Gasteiger partial charge >= 0.3 is 0 Å². The molecule has 0 bridgehead atoms. The van der Waals surface area contributed by atoms with Crippen molar-refractivity contribution in [3.8, 4) is 0 Å². The van der Waals surface area contributed by atoms with Crippen molar-refractivity contribution in [3.05, 3.63) is 70.2 Å². The maximum Gasteiger partial charge on any atom is 0.154 e. The van der Waals surface area contributed by atoms with Gasteiger partial charge in [-0.25, -0.2) is 0 Å². The van der Waals surface area contributed by atoms with Crippen LogP contribution >= 0.6 is 15.9 Å². The second-order valence-corrected chi connectivity index (χ2v) is 5.48. The van der Waals surface area contributed by atoms with Gasteiger partial charge in [-0.3, -0.25) is 4.79 Å². The Balaban J connectivity index is 1.96. The first-order valence-electron chi connectivity index (χ1n) is 6.22. The van der Waals surface area contributed by atoms with Crippen LogP contribution in [0.1, 0.15) is 11.1 Å². The Hall–Kier alpha value is -1.45. The molecule has 0 heterocycles. The van der Waals surface area contributed by atoms with E-state index in [9.17, 15) is 4.79 Å². The molecule has 98 valence electrons. The SMILES string of the molecule is N[C@@H](Cc1ccccc1)C(=O)Cc1cccc(Br)c1. The number of Topliss-reactive ketones (excluding diaryl/α,β-unsaturated/α-hetero) is 1. The van der Waals surface area contributed by atoms with Crippen LogP contribution in [-0.4, -0.2) is 11.8 Å². The van der Waals surface area contributed by atoms with E-state index in [1.165, 1.54) is 0 Å². The van der Waals surface area contributed by atoms with Crippen LogP contribution in [0.15, 0.2) is 59.1 Å². The maximum atomic E-state index is 12.1. The average molecular weight is 318 g/mol. The number of halogens is 1. The summed E-state index contributed by atoms with van der Waals surface area (Å²) in [5.41, 5.74) is 8.06. The van der Waals surface area contributed by atoms with Crippen LogP contribution in [0.5, 0.6) is 0 Å². The molecule has 0 fully saturated rings. The lowest BCUT2D eigenvalue weighted by Gasteiger charge is -2.11. The zero-order valence-electron chi connectivity index (χ0n) is 10.6. The first-order chi connectivity index (χ1) is 9.15. The Morgan fingerprint density at radius 3 is 2.42 bits per heavy atom. The van der Waals surface area contributed by atoms with Crippen molar-refractivity contribution in [1.82, 2.24) is 0 Å². The molecule has 0 unspecified atom stereocenters. The fourth-order valence-corrected chi connectivity index (χ4v) is 2.41. The molecular formula is C16H16BrNO. The Kier molecular flexibility index (Phi) is 4.88. The fourth-order valence-electron chi connectivity index (χ4n) is 1.96. The standard InChI is InChI=1S/C16H16BrNO/c17-14-8-4-7-13(9-14)11-16(19)15(18)10-12-5-2-1-3-6-12/h1-9,15H,10-11,18H2/t15-/m0/s1. The van der Waals surface area contributed by atoms with Gasteiger partial charge < -0.3 is 5.73 Å². The van der Waals surface area contributed by atoms with Gasteiger partial charge in [0.05, 0.1) is 6.04 Å². The van der Waals surface area contributed by atoms with Crippen LogP contribution in [-0.2, 0) is 17.6 Å². The second kappa shape index (κ2) is 6.64. The lowest BCUT2D eigenvalue weighted by Crippen LogP contribution is -2.33. The molecule has 0 spiro atoms. The van der Waals surface area contributed by atoms with Crippen LogP contribution in [0.25, 0.3) is 0 Å². The summed E-state index contributed by atoms with van der Waals surface area (Å²) in [4.78, 5) is 12.1. The number of benzene rings is 2. The molecule has 0 aromatic heterocycles. The van der Waals surface area contributed by atoms with E-state index in [0.29, 0.717) is 12.8 Å². The molecule has 2 N–H and O–H groups in total. The predicted octanol–water partition coefficient (Wildman–Crippen LogP) is 3.13. The van der Waals surface area contributed by atoms with Gasteiger partial charge in [-0.2, -0.15) is 0 Å². The number of carbonyl (C=O) groups is 1. The summed E-state index contributed by atoms with van der Waals surface area (Å²) in [5.74, 6) is 0.0713. The van der Waals surface area contributed by atoms with E-state index in [0.717, 1.165) is 15.6 Å². The smallest absolute Gasteiger partial charge is 0.154 e. The molecule has 0 aliphatic heterocycles. The fraction of sp³-hybridized carbons (Fsp3) is 0.188. The number of rotatable bonds is 5. The molecule has 19 heavy (non-hydrogen) atoms. The van der Waals surface area contributed by atoms with Crippen LogP contribution in [0.3, 0.4) is 0 Å². The van der Waals surface area contributed by atoms with Crippen LogP contribution in [0.2, 0.25) is 0 Å². The minimum atomic E-state index is -0.443. The Bertz CT molecular complexity index is 554. The van der Waals surface area contributed by atoms with Gasteiger partial charge in [-0.05, 0) is 29.7 Å². The summed E-state index contributed by atoms with van der Waals surface area (Å²) in [5, 5.41) is 0. The second-order valence-electron chi connectivity index (χ2n) is 4.57. The van der Waals surface area contributed by atoms with Crippen molar-refractivity contribution in [2.45, 2.75) is 18.9 Å². The third kappa shape index (κ3) is 4.30. The summed E-state index contributed by atoms with van der Waals surface area (Å²) >= 11 is 3.40. The zero-order chi connectivity index (χ0) is 13.7. The highest BCUT2D eigenvalue weighted by Crippen LogP contribution is 2.13. The minimum Gasteiger partial charge on any atom is -0.321 e. The number of carbonyl (C=O) groups excluding carboxylic acids is 1. The molecule has 2 rings (SSSR count). The first-order valence-corrected chi connectivity index (χ1v) is 7.01. The van der Waals surface area contributed by atoms with E-state index in [1.54, 1.807) is 0 Å². The third-order valence-corrected chi connectivity index (χ3v) is 3.47. The molecule has 0 saturated carbocycles. The molecular weight excluding hydrogens is 302 g/mol. The first kappa shape index (κ1) is 14.0. The van der Waals surface area contributed by atoms with E-state index in [-0.39, 0.29) is 5.78 Å². The number of ketones is 1. The predicted molar refractivity (Wildman–Crippen MR) is 81.0 cm³/mol. The topological polar surface area (TPSA) is 43.1 Å².